The Hall–Kier alpha value is -1.95. The van der Waals surface area contributed by atoms with Crippen LogP contribution < -0.4 is 5.56 Å². The fraction of sp³-hybridized carbons (Fsp3) is 0.458. The summed E-state index contributed by atoms with van der Waals surface area (Å²) < 4.78 is 9.00. The van der Waals surface area contributed by atoms with E-state index in [0.29, 0.717) is 17.9 Å². The molecule has 0 spiro atoms. The van der Waals surface area contributed by atoms with Crippen LogP contribution in [0.15, 0.2) is 47.3 Å². The lowest BCUT2D eigenvalue weighted by Gasteiger charge is -2.47. The topological polar surface area (TPSA) is 34.5 Å². The molecule has 2 fully saturated rings. The van der Waals surface area contributed by atoms with E-state index in [0.717, 1.165) is 45.7 Å². The molecule has 0 N–H and O–H groups in total. The zero-order valence-corrected chi connectivity index (χ0v) is 17.4. The first kappa shape index (κ1) is 17.9. The van der Waals surface area contributed by atoms with E-state index in [2.05, 4.69) is 45.9 Å². The van der Waals surface area contributed by atoms with Crippen molar-refractivity contribution in [3.8, 4) is 10.4 Å². The van der Waals surface area contributed by atoms with Crippen LogP contribution in [0.1, 0.15) is 30.9 Å². The Kier molecular flexibility index (Phi) is 4.36. The number of fused-ring (bicyclic) bond motifs is 5. The number of aromatic nitrogens is 1. The quantitative estimate of drug-likeness (QED) is 0.635. The summed E-state index contributed by atoms with van der Waals surface area (Å²) in [4.78, 5) is 16.8. The predicted octanol–water partition coefficient (Wildman–Crippen LogP) is 4.33. The van der Waals surface area contributed by atoms with Gasteiger partial charge in [0.1, 0.15) is 0 Å². The largest absolute Gasteiger partial charge is 0.381 e. The highest BCUT2D eigenvalue weighted by atomic mass is 32.1. The highest BCUT2D eigenvalue weighted by Crippen LogP contribution is 2.43. The molecular weight excluding hydrogens is 380 g/mol. The van der Waals surface area contributed by atoms with E-state index in [-0.39, 0.29) is 5.56 Å². The molecule has 0 aliphatic carbocycles. The van der Waals surface area contributed by atoms with E-state index in [9.17, 15) is 4.79 Å². The predicted molar refractivity (Wildman–Crippen MR) is 118 cm³/mol. The zero-order valence-electron chi connectivity index (χ0n) is 16.5. The van der Waals surface area contributed by atoms with Gasteiger partial charge in [0.2, 0.25) is 0 Å². The Bertz CT molecular complexity index is 1080. The van der Waals surface area contributed by atoms with E-state index >= 15 is 0 Å². The molecule has 0 radical (unpaired) electrons. The van der Waals surface area contributed by atoms with Crippen molar-refractivity contribution in [3.63, 3.8) is 0 Å². The first-order valence-corrected chi connectivity index (χ1v) is 11.6. The van der Waals surface area contributed by atoms with Crippen molar-refractivity contribution in [2.75, 3.05) is 26.3 Å². The van der Waals surface area contributed by atoms with Crippen molar-refractivity contribution in [1.82, 2.24) is 9.47 Å². The first-order chi connectivity index (χ1) is 14.3. The lowest BCUT2D eigenvalue weighted by Crippen LogP contribution is -2.51. The van der Waals surface area contributed by atoms with E-state index < -0.39 is 0 Å². The van der Waals surface area contributed by atoms with Crippen LogP contribution in [0.4, 0.5) is 0 Å². The van der Waals surface area contributed by atoms with Crippen LogP contribution in [0.3, 0.4) is 0 Å². The van der Waals surface area contributed by atoms with Crippen molar-refractivity contribution >= 4 is 21.4 Å². The minimum atomic E-state index is 0.166. The van der Waals surface area contributed by atoms with Gasteiger partial charge in [-0.05, 0) is 48.8 Å². The van der Waals surface area contributed by atoms with E-state index in [1.807, 2.05) is 11.3 Å². The number of pyridine rings is 1. The SMILES string of the molecule is O=c1ccc(-c2cc3ccccc3s2)c2n1C[C@H]1C[C@@H]2CN(C2CCOCC2)C1. The number of hydrogen-bond donors (Lipinski definition) is 0. The molecule has 0 amide bonds. The Morgan fingerprint density at radius 3 is 2.72 bits per heavy atom. The summed E-state index contributed by atoms with van der Waals surface area (Å²) in [5.41, 5.74) is 2.71. The second-order valence-corrected chi connectivity index (χ2v) is 9.91. The smallest absolute Gasteiger partial charge is 0.250 e. The molecule has 3 aromatic rings. The van der Waals surface area contributed by atoms with Gasteiger partial charge < -0.3 is 9.30 Å². The first-order valence-electron chi connectivity index (χ1n) is 10.8. The average molecular weight is 407 g/mol. The second-order valence-electron chi connectivity index (χ2n) is 8.83. The molecule has 2 saturated heterocycles. The van der Waals surface area contributed by atoms with Gasteiger partial charge in [0.15, 0.2) is 0 Å². The van der Waals surface area contributed by atoms with Crippen molar-refractivity contribution < 1.29 is 4.74 Å². The third-order valence-electron chi connectivity index (χ3n) is 7.02. The van der Waals surface area contributed by atoms with E-state index in [1.165, 1.54) is 32.6 Å². The molecule has 3 aliphatic rings. The number of ether oxygens (including phenoxy) is 1. The molecule has 6 rings (SSSR count). The Morgan fingerprint density at radius 1 is 1.00 bits per heavy atom. The molecule has 5 heterocycles. The molecule has 4 nitrogen and oxygen atoms in total. The molecule has 29 heavy (non-hydrogen) atoms. The molecule has 0 saturated carbocycles. The number of thiophene rings is 1. The third kappa shape index (κ3) is 3.07. The molecule has 1 aromatic carbocycles. The molecular formula is C24H26N2O2S. The standard InChI is InChI=1S/C24H26N2O2S/c27-23-6-5-20(22-12-17-3-1-2-4-21(17)29-22)24-18-11-16(14-26(23)24)13-25(15-18)19-7-9-28-10-8-19/h1-6,12,16,18-19H,7-11,13-15H2/t16-,18+/m0/s1. The van der Waals surface area contributed by atoms with Crippen LogP contribution in [0.25, 0.3) is 20.5 Å². The highest BCUT2D eigenvalue weighted by molar-refractivity contribution is 7.22. The van der Waals surface area contributed by atoms with Gasteiger partial charge in [0.25, 0.3) is 5.56 Å². The summed E-state index contributed by atoms with van der Waals surface area (Å²) in [5, 5.41) is 1.29. The molecule has 2 aromatic heterocycles. The zero-order chi connectivity index (χ0) is 19.4. The fourth-order valence-electron chi connectivity index (χ4n) is 5.72. The van der Waals surface area contributed by atoms with Crippen molar-refractivity contribution in [2.45, 2.75) is 37.8 Å². The van der Waals surface area contributed by atoms with Crippen LogP contribution in [0.2, 0.25) is 0 Å². The lowest BCUT2D eigenvalue weighted by molar-refractivity contribution is 0.00597. The summed E-state index contributed by atoms with van der Waals surface area (Å²) in [6.45, 7) is 4.84. The summed E-state index contributed by atoms with van der Waals surface area (Å²) >= 11 is 1.84. The van der Waals surface area contributed by atoms with Gasteiger partial charge in [0, 0.05) is 71.7 Å². The van der Waals surface area contributed by atoms with Gasteiger partial charge >= 0.3 is 0 Å². The van der Waals surface area contributed by atoms with Crippen LogP contribution >= 0.6 is 11.3 Å². The van der Waals surface area contributed by atoms with Crippen LogP contribution in [-0.4, -0.2) is 41.8 Å². The van der Waals surface area contributed by atoms with Crippen molar-refractivity contribution in [2.24, 2.45) is 5.92 Å². The Labute approximate surface area is 174 Å². The maximum atomic E-state index is 12.8. The van der Waals surface area contributed by atoms with Crippen LogP contribution in [-0.2, 0) is 11.3 Å². The van der Waals surface area contributed by atoms with Crippen LogP contribution in [0, 0.1) is 5.92 Å². The molecule has 2 atom stereocenters. The van der Waals surface area contributed by atoms with Gasteiger partial charge in [0.05, 0.1) is 0 Å². The number of piperidine rings is 1. The number of likely N-dealkylation sites (tertiary alicyclic amines) is 1. The number of hydrogen-bond acceptors (Lipinski definition) is 4. The number of nitrogens with zero attached hydrogens (tertiary/aromatic N) is 2. The molecule has 5 heteroatoms. The number of benzene rings is 1. The highest BCUT2D eigenvalue weighted by Gasteiger charge is 2.38. The Balaban J connectivity index is 1.42. The average Bonchev–Trinajstić information content (AvgIpc) is 3.19. The van der Waals surface area contributed by atoms with Gasteiger partial charge in [-0.3, -0.25) is 9.69 Å². The monoisotopic (exact) mass is 406 g/mol. The summed E-state index contributed by atoms with van der Waals surface area (Å²) in [7, 11) is 0. The van der Waals surface area contributed by atoms with E-state index in [4.69, 9.17) is 4.74 Å². The minimum Gasteiger partial charge on any atom is -0.381 e. The molecule has 150 valence electrons. The summed E-state index contributed by atoms with van der Waals surface area (Å²) in [6, 6.07) is 15.4. The third-order valence-corrected chi connectivity index (χ3v) is 8.17. The second kappa shape index (κ2) is 7.08. The lowest BCUT2D eigenvalue weighted by atomic mass is 9.80. The van der Waals surface area contributed by atoms with Crippen LogP contribution in [0.5, 0.6) is 0 Å². The van der Waals surface area contributed by atoms with Gasteiger partial charge in [-0.15, -0.1) is 11.3 Å². The number of rotatable bonds is 2. The fourth-order valence-corrected chi connectivity index (χ4v) is 6.82. The van der Waals surface area contributed by atoms with Crippen molar-refractivity contribution in [3.05, 3.63) is 58.5 Å². The summed E-state index contributed by atoms with van der Waals surface area (Å²) in [5.74, 6) is 1.03. The van der Waals surface area contributed by atoms with Gasteiger partial charge in [-0.2, -0.15) is 0 Å². The normalized spacial score (nSPS) is 25.2. The van der Waals surface area contributed by atoms with Crippen molar-refractivity contribution in [1.29, 1.82) is 0 Å². The Morgan fingerprint density at radius 2 is 1.86 bits per heavy atom. The maximum absolute atomic E-state index is 12.8. The molecule has 0 unspecified atom stereocenters. The maximum Gasteiger partial charge on any atom is 0.250 e. The van der Waals surface area contributed by atoms with Gasteiger partial charge in [-0.1, -0.05) is 18.2 Å². The van der Waals surface area contributed by atoms with Gasteiger partial charge in [-0.25, -0.2) is 0 Å². The minimum absolute atomic E-state index is 0.166. The van der Waals surface area contributed by atoms with E-state index in [1.54, 1.807) is 6.07 Å². The molecule has 2 bridgehead atoms. The summed E-state index contributed by atoms with van der Waals surface area (Å²) in [6.07, 6.45) is 3.50. The molecule has 3 aliphatic heterocycles.